The van der Waals surface area contributed by atoms with Crippen LogP contribution in [0.3, 0.4) is 0 Å². The highest BCUT2D eigenvalue weighted by atomic mass is 16.3. The first kappa shape index (κ1) is 17.0. The van der Waals surface area contributed by atoms with Crippen molar-refractivity contribution in [1.29, 1.82) is 0 Å². The monoisotopic (exact) mass is 373 g/mol. The lowest BCUT2D eigenvalue weighted by Gasteiger charge is -2.18. The summed E-state index contributed by atoms with van der Waals surface area (Å²) < 4.78 is 1.76. The highest BCUT2D eigenvalue weighted by Crippen LogP contribution is 2.36. The molecule has 1 fully saturated rings. The first-order valence-electron chi connectivity index (χ1n) is 9.67. The number of hydrogen-bond acceptors (Lipinski definition) is 5. The van der Waals surface area contributed by atoms with Crippen LogP contribution in [0.4, 0.5) is 5.69 Å². The molecule has 28 heavy (non-hydrogen) atoms. The normalized spacial score (nSPS) is 17.1. The van der Waals surface area contributed by atoms with E-state index in [9.17, 15) is 5.11 Å². The molecule has 0 spiro atoms. The van der Waals surface area contributed by atoms with Gasteiger partial charge in [-0.15, -0.1) is 0 Å². The summed E-state index contributed by atoms with van der Waals surface area (Å²) in [5, 5.41) is 17.2. The number of pyridine rings is 2. The third kappa shape index (κ3) is 2.68. The summed E-state index contributed by atoms with van der Waals surface area (Å²) in [6.07, 6.45) is 5.09. The number of aryl methyl sites for hydroxylation is 2. The predicted molar refractivity (Wildman–Crippen MR) is 112 cm³/mol. The summed E-state index contributed by atoms with van der Waals surface area (Å²) in [7, 11) is 1.88. The molecule has 0 amide bonds. The molecular weight excluding hydrogens is 350 g/mol. The lowest BCUT2D eigenvalue weighted by molar-refractivity contribution is 0.474. The van der Waals surface area contributed by atoms with Gasteiger partial charge in [-0.1, -0.05) is 6.92 Å². The topological polar surface area (TPSA) is 67.1 Å². The number of nitrogens with zero attached hydrogens (tertiary/aromatic N) is 5. The SMILES string of the molecule is Cc1c(O)c(-c2ccc3cc(N4CC[C@@H](C)C4)cnc3n2)cc2cn(C)nc12. The molecule has 0 radical (unpaired) electrons. The van der Waals surface area contributed by atoms with Crippen LogP contribution >= 0.6 is 0 Å². The fourth-order valence-electron chi connectivity index (χ4n) is 4.13. The molecule has 4 heterocycles. The van der Waals surface area contributed by atoms with Crippen LogP contribution in [-0.4, -0.2) is 37.9 Å². The van der Waals surface area contributed by atoms with E-state index in [4.69, 9.17) is 4.98 Å². The van der Waals surface area contributed by atoms with E-state index in [-0.39, 0.29) is 5.75 Å². The number of aromatic nitrogens is 4. The van der Waals surface area contributed by atoms with Crippen LogP contribution in [-0.2, 0) is 7.05 Å². The summed E-state index contributed by atoms with van der Waals surface area (Å²) in [6.45, 7) is 6.34. The van der Waals surface area contributed by atoms with Crippen LogP contribution in [0.2, 0.25) is 0 Å². The zero-order valence-electron chi connectivity index (χ0n) is 16.3. The third-order valence-corrected chi connectivity index (χ3v) is 5.72. The molecule has 5 rings (SSSR count). The Labute approximate surface area is 163 Å². The second-order valence-electron chi connectivity index (χ2n) is 7.91. The molecule has 1 atom stereocenters. The van der Waals surface area contributed by atoms with E-state index in [1.165, 1.54) is 6.42 Å². The molecule has 6 heteroatoms. The van der Waals surface area contributed by atoms with Crippen molar-refractivity contribution in [2.75, 3.05) is 18.0 Å². The van der Waals surface area contributed by atoms with Gasteiger partial charge in [-0.3, -0.25) is 4.68 Å². The number of hydrogen-bond donors (Lipinski definition) is 1. The quantitative estimate of drug-likeness (QED) is 0.574. The van der Waals surface area contributed by atoms with Crippen LogP contribution in [0, 0.1) is 12.8 Å². The molecule has 1 aliphatic heterocycles. The Morgan fingerprint density at radius 1 is 1.18 bits per heavy atom. The average Bonchev–Trinajstić information content (AvgIpc) is 3.29. The molecule has 6 nitrogen and oxygen atoms in total. The van der Waals surface area contributed by atoms with Crippen LogP contribution < -0.4 is 4.90 Å². The third-order valence-electron chi connectivity index (χ3n) is 5.72. The second-order valence-corrected chi connectivity index (χ2v) is 7.91. The lowest BCUT2D eigenvalue weighted by atomic mass is 10.0. The van der Waals surface area contributed by atoms with Gasteiger partial charge < -0.3 is 10.0 Å². The molecule has 0 aliphatic carbocycles. The van der Waals surface area contributed by atoms with Crippen LogP contribution in [0.5, 0.6) is 5.75 Å². The van der Waals surface area contributed by atoms with Gasteiger partial charge in [-0.25, -0.2) is 9.97 Å². The first-order valence-corrected chi connectivity index (χ1v) is 9.67. The minimum atomic E-state index is 0.223. The second kappa shape index (κ2) is 6.19. The van der Waals surface area contributed by atoms with Crippen molar-refractivity contribution in [3.63, 3.8) is 0 Å². The number of phenols is 1. The molecule has 0 bridgehead atoms. The number of rotatable bonds is 2. The summed E-state index contributed by atoms with van der Waals surface area (Å²) >= 11 is 0. The molecule has 0 unspecified atom stereocenters. The fourth-order valence-corrected chi connectivity index (χ4v) is 4.13. The molecular formula is C22H23N5O. The van der Waals surface area contributed by atoms with Gasteiger partial charge >= 0.3 is 0 Å². The Balaban J connectivity index is 1.58. The maximum atomic E-state index is 10.7. The van der Waals surface area contributed by atoms with Crippen LogP contribution in [0.15, 0.2) is 36.7 Å². The van der Waals surface area contributed by atoms with Crippen molar-refractivity contribution in [2.45, 2.75) is 20.3 Å². The van der Waals surface area contributed by atoms with Crippen molar-refractivity contribution in [2.24, 2.45) is 13.0 Å². The van der Waals surface area contributed by atoms with Gasteiger partial charge in [0.15, 0.2) is 5.65 Å². The largest absolute Gasteiger partial charge is 0.507 e. The standard InChI is InChI=1S/C22H23N5O/c1-13-6-7-27(11-13)17-8-15-4-5-19(24-22(15)23-10-17)18-9-16-12-26(3)25-20(16)14(2)21(18)28/h4-5,8-10,12-13,28H,6-7,11H2,1-3H3/t13-/m1/s1. The molecule has 142 valence electrons. The summed E-state index contributed by atoms with van der Waals surface area (Å²) in [4.78, 5) is 11.7. The van der Waals surface area contributed by atoms with Crippen molar-refractivity contribution < 1.29 is 5.11 Å². The minimum absolute atomic E-state index is 0.223. The molecule has 1 aliphatic rings. The lowest BCUT2D eigenvalue weighted by Crippen LogP contribution is -2.19. The van der Waals surface area contributed by atoms with Gasteiger partial charge in [-0.05, 0) is 43.5 Å². The Hall–Kier alpha value is -3.15. The van der Waals surface area contributed by atoms with E-state index in [2.05, 4.69) is 28.0 Å². The van der Waals surface area contributed by atoms with Crippen molar-refractivity contribution in [1.82, 2.24) is 19.7 Å². The average molecular weight is 373 g/mol. The van der Waals surface area contributed by atoms with E-state index >= 15 is 0 Å². The van der Waals surface area contributed by atoms with Gasteiger partial charge in [0.05, 0.1) is 23.1 Å². The van der Waals surface area contributed by atoms with Gasteiger partial charge in [0.25, 0.3) is 0 Å². The van der Waals surface area contributed by atoms with Gasteiger partial charge in [0.1, 0.15) is 5.75 Å². The first-order chi connectivity index (χ1) is 13.5. The number of phenolic OH excluding ortho intramolecular Hbond substituents is 1. The smallest absolute Gasteiger partial charge is 0.159 e. The summed E-state index contributed by atoms with van der Waals surface area (Å²) in [5.74, 6) is 0.950. The van der Waals surface area contributed by atoms with E-state index in [0.29, 0.717) is 16.9 Å². The highest BCUT2D eigenvalue weighted by Gasteiger charge is 2.20. The fraction of sp³-hybridized carbons (Fsp3) is 0.318. The van der Waals surface area contributed by atoms with Gasteiger partial charge in [0.2, 0.25) is 0 Å². The van der Waals surface area contributed by atoms with Crippen molar-refractivity contribution in [3.8, 4) is 17.0 Å². The molecule has 1 saturated heterocycles. The highest BCUT2D eigenvalue weighted by molar-refractivity contribution is 5.91. The molecule has 0 saturated carbocycles. The zero-order valence-corrected chi connectivity index (χ0v) is 16.3. The molecule has 4 aromatic rings. The van der Waals surface area contributed by atoms with E-state index in [1.54, 1.807) is 4.68 Å². The van der Waals surface area contributed by atoms with E-state index in [1.807, 2.05) is 44.6 Å². The van der Waals surface area contributed by atoms with Gasteiger partial charge in [-0.2, -0.15) is 5.10 Å². The molecule has 1 aromatic carbocycles. The van der Waals surface area contributed by atoms with Crippen LogP contribution in [0.1, 0.15) is 18.9 Å². The Kier molecular flexibility index (Phi) is 3.75. The van der Waals surface area contributed by atoms with Crippen molar-refractivity contribution >= 4 is 27.6 Å². The maximum absolute atomic E-state index is 10.7. The summed E-state index contributed by atoms with van der Waals surface area (Å²) in [5.41, 5.74) is 4.85. The summed E-state index contributed by atoms with van der Waals surface area (Å²) in [6, 6.07) is 8.10. The Bertz CT molecular complexity index is 1210. The van der Waals surface area contributed by atoms with Crippen LogP contribution in [0.25, 0.3) is 33.2 Å². The molecule has 1 N–H and O–H groups in total. The number of anilines is 1. The number of aromatic hydroxyl groups is 1. The molecule has 3 aromatic heterocycles. The number of benzene rings is 1. The zero-order chi connectivity index (χ0) is 19.4. The van der Waals surface area contributed by atoms with E-state index in [0.717, 1.165) is 46.5 Å². The van der Waals surface area contributed by atoms with E-state index < -0.39 is 0 Å². The van der Waals surface area contributed by atoms with Crippen molar-refractivity contribution in [3.05, 3.63) is 42.2 Å². The Morgan fingerprint density at radius 2 is 2.04 bits per heavy atom. The maximum Gasteiger partial charge on any atom is 0.159 e. The number of fused-ring (bicyclic) bond motifs is 2. The predicted octanol–water partition coefficient (Wildman–Crippen LogP) is 4.04. The minimum Gasteiger partial charge on any atom is -0.507 e. The van der Waals surface area contributed by atoms with Gasteiger partial charge in [0, 0.05) is 48.2 Å². The Morgan fingerprint density at radius 3 is 2.82 bits per heavy atom.